The van der Waals surface area contributed by atoms with Crippen LogP contribution in [0.5, 0.6) is 0 Å². The molecule has 5 nitrogen and oxygen atoms in total. The predicted molar refractivity (Wildman–Crippen MR) is 105 cm³/mol. The molecule has 26 heavy (non-hydrogen) atoms. The van der Waals surface area contributed by atoms with E-state index in [1.54, 1.807) is 0 Å². The molecule has 2 rings (SSSR count). The van der Waals surface area contributed by atoms with Gasteiger partial charge in [-0.25, -0.2) is 4.79 Å². The predicted octanol–water partition coefficient (Wildman–Crippen LogP) is 3.45. The fourth-order valence-electron chi connectivity index (χ4n) is 3.31. The van der Waals surface area contributed by atoms with E-state index in [2.05, 4.69) is 36.6 Å². The van der Waals surface area contributed by atoms with E-state index < -0.39 is 0 Å². The molecular formula is C21H33N3O2. The summed E-state index contributed by atoms with van der Waals surface area (Å²) in [5, 5.41) is 5.84. The number of nitrogens with zero attached hydrogens (tertiary/aromatic N) is 1. The van der Waals surface area contributed by atoms with Crippen molar-refractivity contribution in [2.75, 3.05) is 26.2 Å². The molecule has 0 aliphatic carbocycles. The van der Waals surface area contributed by atoms with Gasteiger partial charge in [0.1, 0.15) is 0 Å². The quantitative estimate of drug-likeness (QED) is 0.783. The zero-order chi connectivity index (χ0) is 18.9. The molecule has 0 saturated carbocycles. The van der Waals surface area contributed by atoms with E-state index in [4.69, 9.17) is 0 Å². The van der Waals surface area contributed by atoms with Crippen molar-refractivity contribution in [3.8, 4) is 0 Å². The minimum atomic E-state index is 0.00689. The van der Waals surface area contributed by atoms with Crippen molar-refractivity contribution in [3.05, 3.63) is 35.4 Å². The van der Waals surface area contributed by atoms with Crippen molar-refractivity contribution >= 4 is 11.9 Å². The first-order valence-corrected chi connectivity index (χ1v) is 9.89. The van der Waals surface area contributed by atoms with Crippen LogP contribution in [0.1, 0.15) is 56.0 Å². The lowest BCUT2D eigenvalue weighted by Crippen LogP contribution is -2.44. The largest absolute Gasteiger partial charge is 0.352 e. The van der Waals surface area contributed by atoms with Crippen LogP contribution in [-0.2, 0) is 6.42 Å². The summed E-state index contributed by atoms with van der Waals surface area (Å²) >= 11 is 0. The standard InChI is InChI=1S/C21H33N3O2/c1-4-22-21(26)24-13-10-18(11-14-24)15-17-5-7-19(8-6-17)20(25)23-12-9-16(2)3/h5-8,16,18H,4,9-15H2,1-3H3,(H,22,26)(H,23,25). The molecule has 1 aromatic rings. The van der Waals surface area contributed by atoms with Gasteiger partial charge in [-0.05, 0) is 62.1 Å². The second-order valence-electron chi connectivity index (χ2n) is 7.61. The van der Waals surface area contributed by atoms with Crippen LogP contribution in [0.15, 0.2) is 24.3 Å². The Bertz CT molecular complexity index is 575. The molecule has 0 bridgehead atoms. The van der Waals surface area contributed by atoms with E-state index in [1.807, 2.05) is 24.0 Å². The number of carbonyl (C=O) groups excluding carboxylic acids is 2. The molecule has 1 aliphatic heterocycles. The molecule has 144 valence electrons. The van der Waals surface area contributed by atoms with Gasteiger partial charge in [0.15, 0.2) is 0 Å². The summed E-state index contributed by atoms with van der Waals surface area (Å²) < 4.78 is 0. The third-order valence-electron chi connectivity index (χ3n) is 4.98. The molecule has 1 heterocycles. The summed E-state index contributed by atoms with van der Waals surface area (Å²) in [7, 11) is 0. The highest BCUT2D eigenvalue weighted by Gasteiger charge is 2.22. The molecular weight excluding hydrogens is 326 g/mol. The summed E-state index contributed by atoms with van der Waals surface area (Å²) in [6.45, 7) is 9.31. The van der Waals surface area contributed by atoms with Gasteiger partial charge in [-0.15, -0.1) is 0 Å². The van der Waals surface area contributed by atoms with Crippen LogP contribution in [0, 0.1) is 11.8 Å². The van der Waals surface area contributed by atoms with Crippen molar-refractivity contribution < 1.29 is 9.59 Å². The Morgan fingerprint density at radius 1 is 1.12 bits per heavy atom. The van der Waals surface area contributed by atoms with Crippen molar-refractivity contribution in [1.29, 1.82) is 0 Å². The summed E-state index contributed by atoms with van der Waals surface area (Å²) in [6.07, 6.45) is 4.08. The van der Waals surface area contributed by atoms with Gasteiger partial charge in [-0.3, -0.25) is 4.79 Å². The SMILES string of the molecule is CCNC(=O)N1CCC(Cc2ccc(C(=O)NCCC(C)C)cc2)CC1. The highest BCUT2D eigenvalue weighted by atomic mass is 16.2. The first-order valence-electron chi connectivity index (χ1n) is 9.89. The van der Waals surface area contributed by atoms with Crippen LogP contribution < -0.4 is 10.6 Å². The maximum Gasteiger partial charge on any atom is 0.317 e. The first kappa shape index (κ1) is 20.3. The van der Waals surface area contributed by atoms with E-state index >= 15 is 0 Å². The van der Waals surface area contributed by atoms with Crippen molar-refractivity contribution in [1.82, 2.24) is 15.5 Å². The Morgan fingerprint density at radius 2 is 1.77 bits per heavy atom. The lowest BCUT2D eigenvalue weighted by molar-refractivity contribution is 0.0952. The third kappa shape index (κ3) is 6.36. The highest BCUT2D eigenvalue weighted by molar-refractivity contribution is 5.94. The smallest absolute Gasteiger partial charge is 0.317 e. The highest BCUT2D eigenvalue weighted by Crippen LogP contribution is 2.22. The van der Waals surface area contributed by atoms with Gasteiger partial charge in [-0.1, -0.05) is 26.0 Å². The minimum Gasteiger partial charge on any atom is -0.352 e. The molecule has 5 heteroatoms. The monoisotopic (exact) mass is 359 g/mol. The van der Waals surface area contributed by atoms with Crippen LogP contribution in [0.2, 0.25) is 0 Å². The summed E-state index contributed by atoms with van der Waals surface area (Å²) in [6, 6.07) is 8.02. The average Bonchev–Trinajstić information content (AvgIpc) is 2.63. The molecule has 0 spiro atoms. The molecule has 1 aromatic carbocycles. The lowest BCUT2D eigenvalue weighted by Gasteiger charge is -2.32. The van der Waals surface area contributed by atoms with Gasteiger partial charge in [0.2, 0.25) is 0 Å². The van der Waals surface area contributed by atoms with E-state index in [0.29, 0.717) is 18.4 Å². The van der Waals surface area contributed by atoms with Crippen molar-refractivity contribution in [3.63, 3.8) is 0 Å². The second-order valence-corrected chi connectivity index (χ2v) is 7.61. The van der Waals surface area contributed by atoms with E-state index in [9.17, 15) is 9.59 Å². The van der Waals surface area contributed by atoms with Crippen molar-refractivity contribution in [2.24, 2.45) is 11.8 Å². The molecule has 0 unspecified atom stereocenters. The maximum absolute atomic E-state index is 12.1. The average molecular weight is 360 g/mol. The molecule has 0 atom stereocenters. The number of likely N-dealkylation sites (tertiary alicyclic amines) is 1. The Balaban J connectivity index is 1.77. The zero-order valence-electron chi connectivity index (χ0n) is 16.4. The van der Waals surface area contributed by atoms with Crippen molar-refractivity contribution in [2.45, 2.75) is 46.5 Å². The zero-order valence-corrected chi connectivity index (χ0v) is 16.4. The van der Waals surface area contributed by atoms with Gasteiger partial charge in [0, 0.05) is 31.7 Å². The maximum atomic E-state index is 12.1. The Morgan fingerprint density at radius 3 is 2.35 bits per heavy atom. The number of benzene rings is 1. The number of carbonyl (C=O) groups is 2. The van der Waals surface area contributed by atoms with E-state index in [1.165, 1.54) is 5.56 Å². The molecule has 1 fully saturated rings. The number of nitrogens with one attached hydrogen (secondary N) is 2. The Kier molecular flexibility index (Phi) is 7.95. The van der Waals surface area contributed by atoms with Gasteiger partial charge < -0.3 is 15.5 Å². The Labute approximate surface area is 157 Å². The number of piperidine rings is 1. The molecule has 0 radical (unpaired) electrons. The summed E-state index contributed by atoms with van der Waals surface area (Å²) in [4.78, 5) is 25.9. The molecule has 3 amide bonds. The second kappa shape index (κ2) is 10.2. The van der Waals surface area contributed by atoms with Crippen LogP contribution in [0.25, 0.3) is 0 Å². The van der Waals surface area contributed by atoms with Gasteiger partial charge in [0.05, 0.1) is 0 Å². The summed E-state index contributed by atoms with van der Waals surface area (Å²) in [5.74, 6) is 1.20. The van der Waals surface area contributed by atoms with Crippen LogP contribution in [0.4, 0.5) is 4.79 Å². The third-order valence-corrected chi connectivity index (χ3v) is 4.98. The van der Waals surface area contributed by atoms with Gasteiger partial charge in [0.25, 0.3) is 5.91 Å². The van der Waals surface area contributed by atoms with Gasteiger partial charge >= 0.3 is 6.03 Å². The molecule has 2 N–H and O–H groups in total. The summed E-state index contributed by atoms with van der Waals surface area (Å²) in [5.41, 5.74) is 1.99. The van der Waals surface area contributed by atoms with Crippen LogP contribution in [0.3, 0.4) is 0 Å². The minimum absolute atomic E-state index is 0.00689. The molecule has 1 saturated heterocycles. The number of hydrogen-bond donors (Lipinski definition) is 2. The molecule has 0 aromatic heterocycles. The lowest BCUT2D eigenvalue weighted by atomic mass is 9.90. The number of hydrogen-bond acceptors (Lipinski definition) is 2. The number of rotatable bonds is 7. The van der Waals surface area contributed by atoms with Crippen LogP contribution >= 0.6 is 0 Å². The molecule has 1 aliphatic rings. The normalized spacial score (nSPS) is 15.2. The van der Waals surface area contributed by atoms with E-state index in [0.717, 1.165) is 50.9 Å². The van der Waals surface area contributed by atoms with Gasteiger partial charge in [-0.2, -0.15) is 0 Å². The topological polar surface area (TPSA) is 61.4 Å². The Hall–Kier alpha value is -2.04. The van der Waals surface area contributed by atoms with Crippen LogP contribution in [-0.4, -0.2) is 43.0 Å². The fourth-order valence-corrected chi connectivity index (χ4v) is 3.31. The first-order chi connectivity index (χ1) is 12.5. The number of urea groups is 1. The van der Waals surface area contributed by atoms with E-state index in [-0.39, 0.29) is 11.9 Å². The number of amides is 3. The fraction of sp³-hybridized carbons (Fsp3) is 0.619.